The number of benzene rings is 7. The van der Waals surface area contributed by atoms with Crippen molar-refractivity contribution in [2.75, 3.05) is 0 Å². The topological polar surface area (TPSA) is 56.7 Å². The van der Waals surface area contributed by atoms with Crippen molar-refractivity contribution < 1.29 is 4.42 Å². The molecule has 3 aromatic heterocycles. The molecule has 0 saturated carbocycles. The summed E-state index contributed by atoms with van der Waals surface area (Å²) in [4.78, 5) is 15.2. The second kappa shape index (κ2) is 13.7. The molecule has 7 aromatic carbocycles. The second-order valence-electron chi connectivity index (χ2n) is 15.9. The first-order valence-corrected chi connectivity index (χ1v) is 20.0. The molecule has 266 valence electrons. The van der Waals surface area contributed by atoms with E-state index in [1.807, 2.05) is 36.4 Å². The number of hydrogen-bond acceptors (Lipinski definition) is 4. The zero-order chi connectivity index (χ0) is 40.0. The summed E-state index contributed by atoms with van der Waals surface area (Å²) in [7, 11) is 18.2. The predicted molar refractivity (Wildman–Crippen MR) is 269 cm³/mol. The summed E-state index contributed by atoms with van der Waals surface area (Å²) < 4.78 is 9.32. The lowest BCUT2D eigenvalue weighted by atomic mass is 9.63. The first-order valence-electron chi connectivity index (χ1n) is 20.0. The van der Waals surface area contributed by atoms with Crippen LogP contribution in [0.5, 0.6) is 0 Å². The molecule has 10 aromatic rings. The van der Waals surface area contributed by atoms with Crippen LogP contribution in [0.25, 0.3) is 94.7 Å². The highest BCUT2D eigenvalue weighted by atomic mass is 16.3. The maximum atomic E-state index is 6.78. The summed E-state index contributed by atoms with van der Waals surface area (Å²) in [5.74, 6) is 1.83. The Morgan fingerprint density at radius 3 is 1.45 bits per heavy atom. The van der Waals surface area contributed by atoms with Gasteiger partial charge in [0.05, 0.1) is 11.1 Å². The summed E-state index contributed by atoms with van der Waals surface area (Å²) in [6.07, 6.45) is 0. The Morgan fingerprint density at radius 1 is 0.362 bits per heavy atom. The zero-order valence-corrected chi connectivity index (χ0v) is 34.2. The molecule has 3 heterocycles. The Balaban J connectivity index is 1.20. The molecule has 0 aliphatic rings. The van der Waals surface area contributed by atoms with E-state index in [0.29, 0.717) is 17.5 Å². The summed E-state index contributed by atoms with van der Waals surface area (Å²) in [6, 6.07) is 41.8. The molecule has 0 bridgehead atoms. The summed E-state index contributed by atoms with van der Waals surface area (Å²) in [5.41, 5.74) is 21.0. The average Bonchev–Trinajstić information content (AvgIpc) is 3.83. The van der Waals surface area contributed by atoms with Crippen molar-refractivity contribution in [3.63, 3.8) is 0 Å². The highest BCUT2D eigenvalue weighted by Crippen LogP contribution is 2.38. The van der Waals surface area contributed by atoms with Crippen LogP contribution in [0.15, 0.2) is 126 Å². The van der Waals surface area contributed by atoms with Crippen molar-refractivity contribution >= 4 is 150 Å². The molecule has 5 nitrogen and oxygen atoms in total. The molecule has 0 fully saturated rings. The van der Waals surface area contributed by atoms with Gasteiger partial charge in [0.25, 0.3) is 0 Å². The minimum atomic E-state index is 0.591. The fourth-order valence-electron chi connectivity index (χ4n) is 9.06. The van der Waals surface area contributed by atoms with Crippen LogP contribution in [-0.2, 0) is 0 Å². The molecule has 0 aliphatic carbocycles. The van der Waals surface area contributed by atoms with Gasteiger partial charge >= 0.3 is 0 Å². The monoisotopic (exact) mass is 736 g/mol. The molecule has 0 saturated heterocycles. The van der Waals surface area contributed by atoms with Crippen molar-refractivity contribution in [1.29, 1.82) is 0 Å². The highest BCUT2D eigenvalue weighted by molar-refractivity contribution is 6.71. The summed E-state index contributed by atoms with van der Waals surface area (Å²) in [6.45, 7) is 0. The third-order valence-corrected chi connectivity index (χ3v) is 12.9. The van der Waals surface area contributed by atoms with E-state index in [1.165, 1.54) is 65.5 Å². The first kappa shape index (κ1) is 36.0. The van der Waals surface area contributed by atoms with Gasteiger partial charge in [-0.15, -0.1) is 10.9 Å². The molecule has 0 N–H and O–H groups in total. The number of fused-ring (bicyclic) bond motifs is 6. The minimum absolute atomic E-state index is 0.591. The van der Waals surface area contributed by atoms with Gasteiger partial charge < -0.3 is 8.98 Å². The molecule has 58 heavy (non-hydrogen) atoms. The highest BCUT2D eigenvalue weighted by Gasteiger charge is 2.25. The van der Waals surface area contributed by atoms with Gasteiger partial charge in [-0.05, 0) is 52.2 Å². The Bertz CT molecular complexity index is 3250. The largest absolute Gasteiger partial charge is 0.456 e. The minimum Gasteiger partial charge on any atom is -0.456 e. The first-order chi connectivity index (χ1) is 28.1. The van der Waals surface area contributed by atoms with Gasteiger partial charge in [-0.1, -0.05) is 124 Å². The van der Waals surface area contributed by atoms with Gasteiger partial charge in [-0.2, -0.15) is 0 Å². The van der Waals surface area contributed by atoms with Gasteiger partial charge in [-0.25, -0.2) is 15.0 Å². The molecule has 0 spiro atoms. The van der Waals surface area contributed by atoms with Gasteiger partial charge in [-0.3, -0.25) is 0 Å². The van der Waals surface area contributed by atoms with Crippen LogP contribution < -0.4 is 43.7 Å². The standard InChI is InChI=1S/C45H36B8N4O/c46-33-31-32-34(47)36(49)38(51)40(53)42(32)57(41(31)39(52)37(50)35(33)48)27-15-8-16-28-30(27)26-18-17-25(20-29(26)58-28)45-55-43(22-11-5-2-6-12-22)54-44(56-45)24-14-7-13-23(19-24)21-9-3-1-4-10-21/h1-20H,46-53H2. The molecule has 10 rings (SSSR count). The summed E-state index contributed by atoms with van der Waals surface area (Å²) in [5, 5.41) is 4.84. The van der Waals surface area contributed by atoms with Crippen LogP contribution in [0.2, 0.25) is 0 Å². The number of nitrogens with zero attached hydrogens (tertiary/aromatic N) is 4. The molecule has 0 radical (unpaired) electrons. The summed E-state index contributed by atoms with van der Waals surface area (Å²) >= 11 is 0. The van der Waals surface area contributed by atoms with Gasteiger partial charge in [0.15, 0.2) is 17.5 Å². The lowest BCUT2D eigenvalue weighted by Gasteiger charge is -2.17. The third-order valence-electron chi connectivity index (χ3n) is 12.9. The van der Waals surface area contributed by atoms with Crippen molar-refractivity contribution in [1.82, 2.24) is 19.5 Å². The van der Waals surface area contributed by atoms with Gasteiger partial charge in [0.1, 0.15) is 73.9 Å². The lowest BCUT2D eigenvalue weighted by Crippen LogP contribution is -2.49. The van der Waals surface area contributed by atoms with Crippen LogP contribution in [0.4, 0.5) is 0 Å². The Labute approximate surface area is 345 Å². The quantitative estimate of drug-likeness (QED) is 0.186. The number of furan rings is 1. The van der Waals surface area contributed by atoms with Crippen LogP contribution in [-0.4, -0.2) is 82.3 Å². The fraction of sp³-hybridized carbons (Fsp3) is 0. The van der Waals surface area contributed by atoms with E-state index in [2.05, 4.69) is 152 Å². The van der Waals surface area contributed by atoms with Crippen LogP contribution in [0.1, 0.15) is 0 Å². The SMILES string of the molecule is Bc1c(B)c(B)c2c(c1B)c1c(B)c(B)c(B)c(B)c1n2-c1cccc2oc3cc(-c4nc(-c5ccccc5)nc(-c5cccc(-c6ccccc6)c5)n4)ccc3c12. The second-order valence-corrected chi connectivity index (χ2v) is 15.9. The molecule has 0 aliphatic heterocycles. The predicted octanol–water partition coefficient (Wildman–Crippen LogP) is -2.40. The molecular formula is C45H36B8N4O. The lowest BCUT2D eigenvalue weighted by molar-refractivity contribution is 0.669. The maximum Gasteiger partial charge on any atom is 0.164 e. The van der Waals surface area contributed by atoms with Gasteiger partial charge in [0.2, 0.25) is 0 Å². The Morgan fingerprint density at radius 2 is 0.845 bits per heavy atom. The van der Waals surface area contributed by atoms with Crippen molar-refractivity contribution in [3.8, 4) is 51.0 Å². The van der Waals surface area contributed by atoms with Crippen molar-refractivity contribution in [3.05, 3.63) is 121 Å². The third kappa shape index (κ3) is 5.47. The molecule has 0 atom stereocenters. The van der Waals surface area contributed by atoms with Crippen molar-refractivity contribution in [2.45, 2.75) is 0 Å². The fourth-order valence-corrected chi connectivity index (χ4v) is 9.06. The zero-order valence-electron chi connectivity index (χ0n) is 34.2. The number of hydrogen-bond donors (Lipinski definition) is 0. The normalized spacial score (nSPS) is 11.7. The van der Waals surface area contributed by atoms with E-state index in [0.717, 1.165) is 55.4 Å². The number of rotatable bonds is 5. The Hall–Kier alpha value is -6.33. The molecule has 0 amide bonds. The average molecular weight is 735 g/mol. The van der Waals surface area contributed by atoms with Crippen LogP contribution in [0.3, 0.4) is 0 Å². The van der Waals surface area contributed by atoms with E-state index in [4.69, 9.17) is 19.4 Å². The molecule has 0 unspecified atom stereocenters. The molecular weight excluding hydrogens is 699 g/mol. The van der Waals surface area contributed by atoms with E-state index in [-0.39, 0.29) is 0 Å². The van der Waals surface area contributed by atoms with E-state index < -0.39 is 0 Å². The maximum absolute atomic E-state index is 6.78. The molecule has 13 heteroatoms. The van der Waals surface area contributed by atoms with E-state index >= 15 is 0 Å². The Kier molecular flexibility index (Phi) is 8.49. The smallest absolute Gasteiger partial charge is 0.164 e. The number of aromatic nitrogens is 4. The van der Waals surface area contributed by atoms with E-state index in [9.17, 15) is 0 Å². The van der Waals surface area contributed by atoms with Crippen molar-refractivity contribution in [2.24, 2.45) is 0 Å². The van der Waals surface area contributed by atoms with Crippen LogP contribution >= 0.6 is 0 Å². The van der Waals surface area contributed by atoms with Crippen LogP contribution in [0, 0.1) is 0 Å². The van der Waals surface area contributed by atoms with E-state index in [1.54, 1.807) is 0 Å². The van der Waals surface area contributed by atoms with Gasteiger partial charge in [0, 0.05) is 33.1 Å².